The lowest BCUT2D eigenvalue weighted by Crippen LogP contribution is -2.09. The molecule has 0 fully saturated rings. The zero-order valence-corrected chi connectivity index (χ0v) is 13.9. The van der Waals surface area contributed by atoms with Crippen LogP contribution in [-0.2, 0) is 11.3 Å². The van der Waals surface area contributed by atoms with Gasteiger partial charge in [-0.2, -0.15) is 0 Å². The molecule has 0 N–H and O–H groups in total. The first kappa shape index (κ1) is 16.0. The van der Waals surface area contributed by atoms with Crippen molar-refractivity contribution in [3.8, 4) is 0 Å². The highest BCUT2D eigenvalue weighted by atomic mass is 16.5. The van der Waals surface area contributed by atoms with Crippen molar-refractivity contribution in [2.24, 2.45) is 0 Å². The molecule has 1 aromatic carbocycles. The molecule has 124 valence electrons. The lowest BCUT2D eigenvalue weighted by molar-refractivity contribution is 0.0471. The Balaban J connectivity index is 1.94. The van der Waals surface area contributed by atoms with Crippen molar-refractivity contribution in [3.63, 3.8) is 0 Å². The molecule has 0 aliphatic heterocycles. The van der Waals surface area contributed by atoms with Crippen LogP contribution in [0.1, 0.15) is 38.5 Å². The minimum absolute atomic E-state index is 0.0342. The fourth-order valence-electron chi connectivity index (χ4n) is 2.59. The van der Waals surface area contributed by atoms with Crippen LogP contribution in [0.3, 0.4) is 0 Å². The average Bonchev–Trinajstić information content (AvgIpc) is 2.85. The molecule has 3 aromatic rings. The van der Waals surface area contributed by atoms with Gasteiger partial charge >= 0.3 is 11.6 Å². The molecule has 0 bridgehead atoms. The van der Waals surface area contributed by atoms with E-state index in [9.17, 15) is 9.59 Å². The summed E-state index contributed by atoms with van der Waals surface area (Å²) in [5.41, 5.74) is 3.48. The Labute approximate surface area is 138 Å². The minimum atomic E-state index is -0.531. The van der Waals surface area contributed by atoms with Crippen molar-refractivity contribution in [1.29, 1.82) is 0 Å². The van der Waals surface area contributed by atoms with E-state index in [1.165, 1.54) is 6.07 Å². The maximum Gasteiger partial charge on any atom is 0.344 e. The van der Waals surface area contributed by atoms with Crippen molar-refractivity contribution < 1.29 is 18.5 Å². The van der Waals surface area contributed by atoms with Crippen molar-refractivity contribution in [3.05, 3.63) is 62.3 Å². The summed E-state index contributed by atoms with van der Waals surface area (Å²) < 4.78 is 15.6. The van der Waals surface area contributed by atoms with Crippen LogP contribution in [0.2, 0.25) is 0 Å². The minimum Gasteiger partial charge on any atom is -0.457 e. The second kappa shape index (κ2) is 5.96. The van der Waals surface area contributed by atoms with E-state index < -0.39 is 11.6 Å². The van der Waals surface area contributed by atoms with Gasteiger partial charge in [-0.1, -0.05) is 5.16 Å². The Hall–Kier alpha value is -2.89. The summed E-state index contributed by atoms with van der Waals surface area (Å²) in [6.07, 6.45) is 0. The molecule has 24 heavy (non-hydrogen) atoms. The van der Waals surface area contributed by atoms with E-state index in [0.717, 1.165) is 16.5 Å². The van der Waals surface area contributed by atoms with Gasteiger partial charge in [-0.15, -0.1) is 0 Å². The van der Waals surface area contributed by atoms with Crippen molar-refractivity contribution in [2.75, 3.05) is 0 Å². The van der Waals surface area contributed by atoms with E-state index in [1.807, 2.05) is 26.0 Å². The molecular weight excluding hydrogens is 310 g/mol. The molecule has 0 aliphatic carbocycles. The van der Waals surface area contributed by atoms with Crippen LogP contribution in [0.5, 0.6) is 0 Å². The van der Waals surface area contributed by atoms with Gasteiger partial charge in [0.2, 0.25) is 0 Å². The van der Waals surface area contributed by atoms with Gasteiger partial charge in [-0.05, 0) is 51.0 Å². The topological polar surface area (TPSA) is 82.5 Å². The number of hydrogen-bond donors (Lipinski definition) is 0. The van der Waals surface area contributed by atoms with E-state index in [2.05, 4.69) is 5.16 Å². The predicted molar refractivity (Wildman–Crippen MR) is 87.1 cm³/mol. The summed E-state index contributed by atoms with van der Waals surface area (Å²) in [5.74, 6) is -0.127. The molecule has 0 saturated carbocycles. The van der Waals surface area contributed by atoms with Gasteiger partial charge in [0.05, 0.1) is 5.69 Å². The Bertz CT molecular complexity index is 977. The molecule has 2 aromatic heterocycles. The van der Waals surface area contributed by atoms with Crippen LogP contribution in [0.4, 0.5) is 0 Å². The third kappa shape index (κ3) is 2.82. The number of ether oxygens (including phenoxy) is 1. The highest BCUT2D eigenvalue weighted by Crippen LogP contribution is 2.23. The Kier molecular flexibility index (Phi) is 3.97. The Morgan fingerprint density at radius 1 is 1.12 bits per heavy atom. The number of fused-ring (bicyclic) bond motifs is 1. The third-order valence-corrected chi connectivity index (χ3v) is 4.04. The molecule has 0 amide bonds. The summed E-state index contributed by atoms with van der Waals surface area (Å²) >= 11 is 0. The molecule has 2 heterocycles. The maximum absolute atomic E-state index is 12.2. The summed E-state index contributed by atoms with van der Waals surface area (Å²) in [5, 5.41) is 4.49. The largest absolute Gasteiger partial charge is 0.457 e. The van der Waals surface area contributed by atoms with E-state index in [1.54, 1.807) is 13.8 Å². The van der Waals surface area contributed by atoms with Gasteiger partial charge < -0.3 is 13.7 Å². The van der Waals surface area contributed by atoms with E-state index in [0.29, 0.717) is 28.2 Å². The van der Waals surface area contributed by atoms with Gasteiger partial charge in [0, 0.05) is 17.0 Å². The summed E-state index contributed by atoms with van der Waals surface area (Å²) in [6, 6.07) is 5.08. The SMILES string of the molecule is Cc1cc2oc(=O)cc(COC(=O)c3c(C)noc3C)c2cc1C. The summed E-state index contributed by atoms with van der Waals surface area (Å²) in [4.78, 5) is 24.0. The lowest BCUT2D eigenvalue weighted by atomic mass is 10.0. The highest BCUT2D eigenvalue weighted by molar-refractivity contribution is 5.91. The molecule has 0 saturated heterocycles. The maximum atomic E-state index is 12.2. The van der Waals surface area contributed by atoms with Crippen molar-refractivity contribution >= 4 is 16.9 Å². The van der Waals surface area contributed by atoms with Crippen LogP contribution in [-0.4, -0.2) is 11.1 Å². The number of rotatable bonds is 3. The molecule has 0 spiro atoms. The summed E-state index contributed by atoms with van der Waals surface area (Å²) in [7, 11) is 0. The number of carbonyl (C=O) groups is 1. The zero-order valence-electron chi connectivity index (χ0n) is 13.9. The van der Waals surface area contributed by atoms with Gasteiger partial charge in [-0.3, -0.25) is 0 Å². The monoisotopic (exact) mass is 327 g/mol. The Morgan fingerprint density at radius 2 is 1.83 bits per heavy atom. The second-order valence-electron chi connectivity index (χ2n) is 5.80. The molecule has 0 atom stereocenters. The van der Waals surface area contributed by atoms with Crippen molar-refractivity contribution in [1.82, 2.24) is 5.16 Å². The fourth-order valence-corrected chi connectivity index (χ4v) is 2.59. The number of esters is 1. The molecule has 3 rings (SSSR count). The molecule has 0 unspecified atom stereocenters. The molecule has 0 radical (unpaired) electrons. The quantitative estimate of drug-likeness (QED) is 0.542. The Morgan fingerprint density at radius 3 is 2.50 bits per heavy atom. The summed E-state index contributed by atoms with van der Waals surface area (Å²) in [6.45, 7) is 7.20. The lowest BCUT2D eigenvalue weighted by Gasteiger charge is -2.09. The van der Waals surface area contributed by atoms with Gasteiger partial charge in [0.1, 0.15) is 23.5 Å². The number of benzene rings is 1. The molecule has 6 nitrogen and oxygen atoms in total. The number of hydrogen-bond acceptors (Lipinski definition) is 6. The molecule has 0 aliphatic rings. The number of aryl methyl sites for hydroxylation is 4. The standard InChI is InChI=1S/C18H17NO5/c1-9-5-14-13(7-16(20)23-15(14)6-10(9)2)8-22-18(21)17-11(3)19-24-12(17)4/h5-7H,8H2,1-4H3. The van der Waals surface area contributed by atoms with Crippen molar-refractivity contribution in [2.45, 2.75) is 34.3 Å². The average molecular weight is 327 g/mol. The number of nitrogens with zero attached hydrogens (tertiary/aromatic N) is 1. The number of aromatic nitrogens is 1. The van der Waals surface area contributed by atoms with Crippen LogP contribution >= 0.6 is 0 Å². The third-order valence-electron chi connectivity index (χ3n) is 4.04. The van der Waals surface area contributed by atoms with Crippen LogP contribution in [0.15, 0.2) is 31.9 Å². The first-order valence-corrected chi connectivity index (χ1v) is 7.51. The van der Waals surface area contributed by atoms with Gasteiger partial charge in [-0.25, -0.2) is 9.59 Å². The predicted octanol–water partition coefficient (Wildman–Crippen LogP) is 3.37. The van der Waals surface area contributed by atoms with E-state index in [-0.39, 0.29) is 6.61 Å². The fraction of sp³-hybridized carbons (Fsp3) is 0.278. The van der Waals surface area contributed by atoms with E-state index in [4.69, 9.17) is 13.7 Å². The van der Waals surface area contributed by atoms with Crippen LogP contribution in [0, 0.1) is 27.7 Å². The molecule has 6 heteroatoms. The van der Waals surface area contributed by atoms with Crippen LogP contribution in [0.25, 0.3) is 11.0 Å². The first-order chi connectivity index (χ1) is 11.4. The second-order valence-corrected chi connectivity index (χ2v) is 5.80. The first-order valence-electron chi connectivity index (χ1n) is 7.51. The normalized spacial score (nSPS) is 11.0. The number of carbonyl (C=O) groups excluding carboxylic acids is 1. The molecular formula is C18H17NO5. The highest BCUT2D eigenvalue weighted by Gasteiger charge is 2.19. The zero-order chi connectivity index (χ0) is 17.4. The smallest absolute Gasteiger partial charge is 0.344 e. The van der Waals surface area contributed by atoms with Gasteiger partial charge in [0.15, 0.2) is 0 Å². The van der Waals surface area contributed by atoms with E-state index >= 15 is 0 Å². The van der Waals surface area contributed by atoms with Crippen LogP contribution < -0.4 is 5.63 Å². The van der Waals surface area contributed by atoms with Gasteiger partial charge in [0.25, 0.3) is 0 Å².